The highest BCUT2D eigenvalue weighted by Gasteiger charge is 2.61. The van der Waals surface area contributed by atoms with Crippen LogP contribution in [0.25, 0.3) is 0 Å². The Hall–Kier alpha value is -1.67. The molecule has 5 saturated heterocycles. The Balaban J connectivity index is 0.819. The molecule has 9 rings (SSSR count). The van der Waals surface area contributed by atoms with Crippen LogP contribution in [0.1, 0.15) is 106 Å². The molecule has 5 heterocycles. The Bertz CT molecular complexity index is 2070. The number of methoxy groups -OCH3 is 3. The lowest BCUT2D eigenvalue weighted by atomic mass is 9.47. The number of hydrogen-bond donors (Lipinski definition) is 9. The molecule has 1 unspecified atom stereocenters. The summed E-state index contributed by atoms with van der Waals surface area (Å²) in [4.78, 5) is 12.1. The van der Waals surface area contributed by atoms with Crippen molar-refractivity contribution >= 4 is 5.97 Å². The van der Waals surface area contributed by atoms with E-state index in [0.717, 1.165) is 51.4 Å². The first-order valence-corrected chi connectivity index (χ1v) is 29.0. The second-order valence-electron chi connectivity index (χ2n) is 24.7. The van der Waals surface area contributed by atoms with Crippen molar-refractivity contribution in [1.82, 2.24) is 0 Å². The maximum Gasteiger partial charge on any atom is 0.303 e. The second kappa shape index (κ2) is 25.7. The molecule has 0 spiro atoms. The third kappa shape index (κ3) is 12.1. The average Bonchev–Trinajstić information content (AvgIpc) is 3.88. The van der Waals surface area contributed by atoms with Gasteiger partial charge in [0, 0.05) is 34.7 Å². The molecule has 9 N–H and O–H groups in total. The van der Waals surface area contributed by atoms with Gasteiger partial charge in [0.05, 0.1) is 49.8 Å². The van der Waals surface area contributed by atoms with Gasteiger partial charge in [0.15, 0.2) is 37.6 Å². The van der Waals surface area contributed by atoms with E-state index in [-0.39, 0.29) is 29.0 Å². The number of esters is 1. The van der Waals surface area contributed by atoms with Gasteiger partial charge in [0.1, 0.15) is 85.5 Å². The van der Waals surface area contributed by atoms with E-state index >= 15 is 0 Å². The number of rotatable bonds is 17. The fraction of sp³-hybridized carbons (Fsp3) is 0.946. The quantitative estimate of drug-likeness (QED) is 0.0688. The van der Waals surface area contributed by atoms with Crippen LogP contribution in [0.15, 0.2) is 11.6 Å². The lowest BCUT2D eigenvalue weighted by Crippen LogP contribution is -2.65. The van der Waals surface area contributed by atoms with E-state index in [1.165, 1.54) is 26.7 Å². The topological polar surface area (TPSA) is 328 Å². The first kappa shape index (κ1) is 62.8. The predicted molar refractivity (Wildman–Crippen MR) is 274 cm³/mol. The number of carbonyl (C=O) groups excluding carboxylic acids is 1. The highest BCUT2D eigenvalue weighted by atomic mass is 16.8. The summed E-state index contributed by atoms with van der Waals surface area (Å²) in [6, 6.07) is 0. The number of aliphatic hydroxyl groups is 9. The molecule has 24 heteroatoms. The third-order valence-corrected chi connectivity index (χ3v) is 20.2. The normalized spacial score (nSPS) is 52.0. The number of ether oxygens (including phenoxy) is 14. The minimum Gasteiger partial charge on any atom is -0.454 e. The maximum atomic E-state index is 12.1. The zero-order chi connectivity index (χ0) is 57.9. The van der Waals surface area contributed by atoms with Crippen LogP contribution in [0.4, 0.5) is 0 Å². The number of allylic oxidation sites excluding steroid dienone is 1. The minimum absolute atomic E-state index is 0.00929. The number of fused-ring (bicyclic) bond motifs is 5. The standard InChI is InChI=1S/C56H92O24/c1-23(72-53-50(48(69-10)39(60)24(2)73-53)80-52-45(66)43(64)41(62)36(78-52)22-70-51-44(65)42(63)40(61)35(21-57)77-51)31-13-14-32-30-12-11-28-19-29(15-17-55(28,6)33(30)16-18-56(31,32)7)76-37-20-34(67-8)46(26(4)71-37)79-54-49(75-27(5)58)47(68-9)38(59)25(3)74-54/h11,23-26,29-54,57,59-66H,12-22H2,1-10H3/t23-,24+,25+,26+,29-,30-,31?,32-,33-,34-,35+,36+,37-,38-,39-,40+,41+,42-,43-,44+,45+,46+,47-,48-,49+,50+,51+,52-,53+,54-,55-,56+/m0/s1. The first-order valence-electron chi connectivity index (χ1n) is 29.0. The SMILES string of the molecule is CO[C@H]1[C@@H](O)[C@@H](C)O[C@@H](O[C@H]2[C@@H](OC)C[C@H](O[C@H]3CC[C@@]4(C)C(=CC[C@@H]5[C@@H]4CC[C@]4(C)C([C@H](C)O[C@@H]6O[C@H](C)[C@H](O)[C@H](OC)[C@H]6O[C@@H]6O[C@H](CO[C@@H]7O[C@H](CO)[C@@H](O)[C@H](O)[C@H]7O)[C@@H](O)[C@H](O)[C@H]6O)CC[C@@H]54)C3)O[C@@H]2C)[C@@H]1OC(C)=O. The Morgan fingerprint density at radius 1 is 0.637 bits per heavy atom. The molecule has 0 aromatic carbocycles. The molecular formula is C56H92O24. The number of hydrogen-bond acceptors (Lipinski definition) is 24. The molecule has 9 aliphatic rings. The van der Waals surface area contributed by atoms with Gasteiger partial charge in [0.2, 0.25) is 0 Å². The molecule has 0 amide bonds. The van der Waals surface area contributed by atoms with Gasteiger partial charge in [-0.2, -0.15) is 0 Å². The highest BCUT2D eigenvalue weighted by Crippen LogP contribution is 2.67. The van der Waals surface area contributed by atoms with E-state index in [2.05, 4.69) is 19.9 Å². The fourth-order valence-corrected chi connectivity index (χ4v) is 15.7. The highest BCUT2D eigenvalue weighted by molar-refractivity contribution is 5.66. The number of aliphatic hydroxyl groups excluding tert-OH is 9. The van der Waals surface area contributed by atoms with Gasteiger partial charge in [0.25, 0.3) is 0 Å². The molecule has 460 valence electrons. The first-order chi connectivity index (χ1) is 38.0. The molecule has 24 nitrogen and oxygen atoms in total. The summed E-state index contributed by atoms with van der Waals surface area (Å²) in [5.41, 5.74) is 1.38. The molecule has 80 heavy (non-hydrogen) atoms. The van der Waals surface area contributed by atoms with E-state index < -0.39 is 167 Å². The monoisotopic (exact) mass is 1150 g/mol. The van der Waals surface area contributed by atoms with Crippen LogP contribution in [0.2, 0.25) is 0 Å². The van der Waals surface area contributed by atoms with Gasteiger partial charge in [-0.25, -0.2) is 0 Å². The Morgan fingerprint density at radius 3 is 1.91 bits per heavy atom. The van der Waals surface area contributed by atoms with Crippen LogP contribution in [-0.2, 0) is 71.1 Å². The zero-order valence-electron chi connectivity index (χ0n) is 47.8. The summed E-state index contributed by atoms with van der Waals surface area (Å²) in [5, 5.41) is 96.0. The number of carbonyl (C=O) groups is 1. The van der Waals surface area contributed by atoms with Gasteiger partial charge in [-0.3, -0.25) is 4.79 Å². The zero-order valence-corrected chi connectivity index (χ0v) is 47.8. The molecule has 5 aliphatic heterocycles. The molecule has 4 aliphatic carbocycles. The van der Waals surface area contributed by atoms with Crippen molar-refractivity contribution in [3.05, 3.63) is 11.6 Å². The molecule has 0 aromatic rings. The van der Waals surface area contributed by atoms with Gasteiger partial charge < -0.3 is 112 Å². The van der Waals surface area contributed by atoms with E-state index in [4.69, 9.17) is 66.3 Å². The second-order valence-corrected chi connectivity index (χ2v) is 24.7. The van der Waals surface area contributed by atoms with Crippen molar-refractivity contribution in [2.24, 2.45) is 34.5 Å². The van der Waals surface area contributed by atoms with Crippen molar-refractivity contribution in [3.8, 4) is 0 Å². The summed E-state index contributed by atoms with van der Waals surface area (Å²) in [6.45, 7) is 12.2. The molecule has 8 fully saturated rings. The molecule has 32 atom stereocenters. The predicted octanol–water partition coefficient (Wildman–Crippen LogP) is 0.0732. The van der Waals surface area contributed by atoms with E-state index in [1.54, 1.807) is 21.0 Å². The van der Waals surface area contributed by atoms with Crippen molar-refractivity contribution in [1.29, 1.82) is 0 Å². The summed E-state index contributed by atoms with van der Waals surface area (Å²) >= 11 is 0. The van der Waals surface area contributed by atoms with Crippen LogP contribution >= 0.6 is 0 Å². The van der Waals surface area contributed by atoms with Gasteiger partial charge >= 0.3 is 5.97 Å². The fourth-order valence-electron chi connectivity index (χ4n) is 15.7. The minimum atomic E-state index is -1.81. The summed E-state index contributed by atoms with van der Waals surface area (Å²) in [5.74, 6) is 0.964. The Kier molecular flexibility index (Phi) is 20.2. The molecule has 0 aromatic heterocycles. The van der Waals surface area contributed by atoms with Crippen LogP contribution < -0.4 is 0 Å². The van der Waals surface area contributed by atoms with Crippen LogP contribution in [0.3, 0.4) is 0 Å². The van der Waals surface area contributed by atoms with Crippen LogP contribution in [0.5, 0.6) is 0 Å². The lowest BCUT2D eigenvalue weighted by Gasteiger charge is -2.58. The molecular weight excluding hydrogens is 1060 g/mol. The maximum absolute atomic E-state index is 12.1. The molecule has 0 bridgehead atoms. The average molecular weight is 1150 g/mol. The van der Waals surface area contributed by atoms with Crippen molar-refractivity contribution in [2.45, 2.75) is 266 Å². The van der Waals surface area contributed by atoms with E-state index in [0.29, 0.717) is 24.2 Å². The van der Waals surface area contributed by atoms with Gasteiger partial charge in [-0.05, 0) is 114 Å². The summed E-state index contributed by atoms with van der Waals surface area (Å²) < 4.78 is 85.4. The largest absolute Gasteiger partial charge is 0.454 e. The van der Waals surface area contributed by atoms with Crippen molar-refractivity contribution < 1.29 is 117 Å². The van der Waals surface area contributed by atoms with Crippen LogP contribution in [0, 0.1) is 34.5 Å². The third-order valence-electron chi connectivity index (χ3n) is 20.2. The van der Waals surface area contributed by atoms with Gasteiger partial charge in [-0.15, -0.1) is 0 Å². The lowest BCUT2D eigenvalue weighted by molar-refractivity contribution is -0.376. The summed E-state index contributed by atoms with van der Waals surface area (Å²) in [7, 11) is 4.47. The van der Waals surface area contributed by atoms with E-state index in [1.807, 2.05) is 13.8 Å². The van der Waals surface area contributed by atoms with Gasteiger partial charge in [-0.1, -0.05) is 25.5 Å². The van der Waals surface area contributed by atoms with E-state index in [9.17, 15) is 50.8 Å². The smallest absolute Gasteiger partial charge is 0.303 e. The van der Waals surface area contributed by atoms with Crippen molar-refractivity contribution in [3.63, 3.8) is 0 Å². The summed E-state index contributed by atoms with van der Waals surface area (Å²) in [6.07, 6.45) is -18.1. The molecule has 3 saturated carbocycles. The van der Waals surface area contributed by atoms with Crippen LogP contribution in [-0.4, -0.2) is 246 Å². The molecule has 0 radical (unpaired) electrons. The van der Waals surface area contributed by atoms with Crippen molar-refractivity contribution in [2.75, 3.05) is 34.5 Å². The Morgan fingerprint density at radius 2 is 1.26 bits per heavy atom. The Labute approximate surface area is 468 Å².